The maximum absolute atomic E-state index is 12.1. The number of methoxy groups -OCH3 is 1. The van der Waals surface area contributed by atoms with Crippen molar-refractivity contribution in [3.8, 4) is 0 Å². The van der Waals surface area contributed by atoms with Gasteiger partial charge in [-0.1, -0.05) is 0 Å². The van der Waals surface area contributed by atoms with Crippen LogP contribution in [0.25, 0.3) is 11.0 Å². The molecule has 1 aliphatic heterocycles. The van der Waals surface area contributed by atoms with Crippen LogP contribution in [0.5, 0.6) is 0 Å². The van der Waals surface area contributed by atoms with Crippen molar-refractivity contribution in [1.29, 1.82) is 0 Å². The highest BCUT2D eigenvalue weighted by Crippen LogP contribution is 2.32. The van der Waals surface area contributed by atoms with Gasteiger partial charge in [-0.05, 0) is 36.5 Å². The summed E-state index contributed by atoms with van der Waals surface area (Å²) in [6.45, 7) is 2.67. The lowest BCUT2D eigenvalue weighted by Gasteiger charge is -2.31. The topological polar surface area (TPSA) is 67.5 Å². The van der Waals surface area contributed by atoms with Crippen LogP contribution < -0.4 is 0 Å². The fourth-order valence-electron chi connectivity index (χ4n) is 3.12. The van der Waals surface area contributed by atoms with Gasteiger partial charge in [0.25, 0.3) is 0 Å². The number of fused-ring (bicyclic) bond motifs is 1. The summed E-state index contributed by atoms with van der Waals surface area (Å²) >= 11 is 0. The number of carbonyl (C=O) groups is 1. The molecule has 1 fully saturated rings. The number of aromatic nitrogens is 2. The van der Waals surface area contributed by atoms with Crippen molar-refractivity contribution in [2.24, 2.45) is 0 Å². The summed E-state index contributed by atoms with van der Waals surface area (Å²) in [6.07, 6.45) is 5.82. The normalized spacial score (nSPS) is 16.1. The number of hydrogen-bond donors (Lipinski definition) is 1. The first-order valence-corrected chi connectivity index (χ1v) is 8.06. The number of nitrogens with zero attached hydrogens (tertiary/aromatic N) is 2. The lowest BCUT2D eigenvalue weighted by molar-refractivity contribution is -0.137. The van der Waals surface area contributed by atoms with E-state index in [-0.39, 0.29) is 12.5 Å². The van der Waals surface area contributed by atoms with Crippen LogP contribution >= 0.6 is 0 Å². The van der Waals surface area contributed by atoms with Crippen LogP contribution in [0.1, 0.15) is 24.3 Å². The predicted molar refractivity (Wildman–Crippen MR) is 87.3 cm³/mol. The van der Waals surface area contributed by atoms with Crippen LogP contribution in [-0.2, 0) is 14.3 Å². The minimum Gasteiger partial charge on any atom is -0.382 e. The smallest absolute Gasteiger partial charge is 0.248 e. The van der Waals surface area contributed by atoms with Crippen molar-refractivity contribution in [2.75, 3.05) is 40.0 Å². The molecule has 6 heteroatoms. The highest BCUT2D eigenvalue weighted by molar-refractivity contribution is 5.79. The Hall–Kier alpha value is -1.92. The minimum absolute atomic E-state index is 0.0663. The van der Waals surface area contributed by atoms with Gasteiger partial charge in [-0.2, -0.15) is 0 Å². The molecule has 0 spiro atoms. The van der Waals surface area contributed by atoms with Gasteiger partial charge in [-0.25, -0.2) is 0 Å². The van der Waals surface area contributed by atoms with E-state index in [4.69, 9.17) is 9.47 Å². The summed E-state index contributed by atoms with van der Waals surface area (Å²) in [4.78, 5) is 21.8. The number of piperidine rings is 1. The third-order valence-corrected chi connectivity index (χ3v) is 4.41. The molecule has 124 valence electrons. The van der Waals surface area contributed by atoms with E-state index in [0.29, 0.717) is 19.1 Å². The summed E-state index contributed by atoms with van der Waals surface area (Å²) in [6, 6.07) is 3.98. The third-order valence-electron chi connectivity index (χ3n) is 4.41. The molecule has 0 aromatic carbocycles. The molecule has 1 saturated heterocycles. The second kappa shape index (κ2) is 7.57. The fraction of sp³-hybridized carbons (Fsp3) is 0.529. The van der Waals surface area contributed by atoms with Gasteiger partial charge in [0.15, 0.2) is 0 Å². The van der Waals surface area contributed by atoms with Gasteiger partial charge in [0.1, 0.15) is 6.61 Å². The molecular weight excluding hydrogens is 294 g/mol. The van der Waals surface area contributed by atoms with E-state index in [9.17, 15) is 4.79 Å². The summed E-state index contributed by atoms with van der Waals surface area (Å²) in [5, 5.41) is 0. The van der Waals surface area contributed by atoms with E-state index >= 15 is 0 Å². The van der Waals surface area contributed by atoms with E-state index < -0.39 is 0 Å². The Kier molecular flexibility index (Phi) is 5.25. The van der Waals surface area contributed by atoms with Crippen molar-refractivity contribution < 1.29 is 14.3 Å². The van der Waals surface area contributed by atoms with E-state index in [1.807, 2.05) is 23.2 Å². The van der Waals surface area contributed by atoms with Crippen molar-refractivity contribution in [2.45, 2.75) is 18.8 Å². The third kappa shape index (κ3) is 3.71. The molecule has 2 aromatic heterocycles. The summed E-state index contributed by atoms with van der Waals surface area (Å²) < 4.78 is 10.2. The first-order valence-electron chi connectivity index (χ1n) is 8.06. The number of rotatable bonds is 6. The average molecular weight is 317 g/mol. The highest BCUT2D eigenvalue weighted by atomic mass is 16.5. The van der Waals surface area contributed by atoms with Crippen molar-refractivity contribution in [3.05, 3.63) is 30.1 Å². The zero-order valence-electron chi connectivity index (χ0n) is 13.5. The molecule has 1 N–H and O–H groups in total. The van der Waals surface area contributed by atoms with Crippen LogP contribution in [0.3, 0.4) is 0 Å². The number of ether oxygens (including phenoxy) is 2. The Morgan fingerprint density at radius 1 is 1.39 bits per heavy atom. The Bertz CT molecular complexity index is 647. The fourth-order valence-corrected chi connectivity index (χ4v) is 3.12. The van der Waals surface area contributed by atoms with Crippen LogP contribution in [0.2, 0.25) is 0 Å². The SMILES string of the molecule is COCCOCC(=O)N1CCC(c2c[nH]c3cccnc23)CC1. The minimum atomic E-state index is 0.0663. The molecule has 1 amide bonds. The number of pyridine rings is 1. The standard InChI is InChI=1S/C17H23N3O3/c1-22-9-10-23-12-16(21)20-7-4-13(5-8-20)14-11-19-15-3-2-6-18-17(14)15/h2-3,6,11,13,19H,4-5,7-10,12H2,1H3. The zero-order valence-corrected chi connectivity index (χ0v) is 13.5. The van der Waals surface area contributed by atoms with Crippen molar-refractivity contribution >= 4 is 16.9 Å². The molecule has 6 nitrogen and oxygen atoms in total. The molecule has 0 radical (unpaired) electrons. The largest absolute Gasteiger partial charge is 0.382 e. The number of H-pyrrole nitrogens is 1. The molecule has 1 aliphatic rings. The molecule has 23 heavy (non-hydrogen) atoms. The first kappa shape index (κ1) is 16.0. The van der Waals surface area contributed by atoms with Crippen LogP contribution in [0.15, 0.2) is 24.5 Å². The van der Waals surface area contributed by atoms with Gasteiger partial charge in [0, 0.05) is 32.6 Å². The maximum atomic E-state index is 12.1. The second-order valence-electron chi connectivity index (χ2n) is 5.84. The number of likely N-dealkylation sites (tertiary alicyclic amines) is 1. The Balaban J connectivity index is 1.53. The number of aromatic amines is 1. The molecule has 0 atom stereocenters. The summed E-state index contributed by atoms with van der Waals surface area (Å²) in [7, 11) is 1.62. The predicted octanol–water partition coefficient (Wildman–Crippen LogP) is 1.93. The molecule has 0 aliphatic carbocycles. The molecule has 0 bridgehead atoms. The number of nitrogens with one attached hydrogen (secondary N) is 1. The molecule has 0 unspecified atom stereocenters. The van der Waals surface area contributed by atoms with E-state index in [1.54, 1.807) is 7.11 Å². The quantitative estimate of drug-likeness (QED) is 0.827. The van der Waals surface area contributed by atoms with Gasteiger partial charge < -0.3 is 19.4 Å². The molecule has 3 rings (SSSR count). The van der Waals surface area contributed by atoms with Crippen LogP contribution in [-0.4, -0.2) is 60.8 Å². The summed E-state index contributed by atoms with van der Waals surface area (Å²) in [5.74, 6) is 0.522. The number of hydrogen-bond acceptors (Lipinski definition) is 4. The van der Waals surface area contributed by atoms with Gasteiger partial charge in [0.05, 0.1) is 24.2 Å². The molecular formula is C17H23N3O3. The van der Waals surface area contributed by atoms with E-state index in [1.165, 1.54) is 5.56 Å². The van der Waals surface area contributed by atoms with Gasteiger partial charge in [0.2, 0.25) is 5.91 Å². The van der Waals surface area contributed by atoms with E-state index in [2.05, 4.69) is 16.2 Å². The Morgan fingerprint density at radius 3 is 3.00 bits per heavy atom. The lowest BCUT2D eigenvalue weighted by Crippen LogP contribution is -2.40. The second-order valence-corrected chi connectivity index (χ2v) is 5.84. The van der Waals surface area contributed by atoms with Crippen LogP contribution in [0, 0.1) is 0 Å². The monoisotopic (exact) mass is 317 g/mol. The highest BCUT2D eigenvalue weighted by Gasteiger charge is 2.25. The van der Waals surface area contributed by atoms with Gasteiger partial charge in [-0.3, -0.25) is 9.78 Å². The molecule has 2 aromatic rings. The molecule has 3 heterocycles. The number of carbonyl (C=O) groups excluding carboxylic acids is 1. The van der Waals surface area contributed by atoms with Gasteiger partial charge in [-0.15, -0.1) is 0 Å². The zero-order chi connectivity index (χ0) is 16.1. The maximum Gasteiger partial charge on any atom is 0.248 e. The first-order chi connectivity index (χ1) is 11.3. The van der Waals surface area contributed by atoms with Crippen molar-refractivity contribution in [3.63, 3.8) is 0 Å². The summed E-state index contributed by atoms with van der Waals surface area (Å²) in [5.41, 5.74) is 3.40. The number of amides is 1. The Labute approximate surface area is 135 Å². The lowest BCUT2D eigenvalue weighted by atomic mass is 9.90. The average Bonchev–Trinajstić information content (AvgIpc) is 3.03. The molecule has 0 saturated carbocycles. The van der Waals surface area contributed by atoms with Crippen LogP contribution in [0.4, 0.5) is 0 Å². The van der Waals surface area contributed by atoms with E-state index in [0.717, 1.165) is 37.0 Å². The Morgan fingerprint density at radius 2 is 2.22 bits per heavy atom. The van der Waals surface area contributed by atoms with Crippen molar-refractivity contribution in [1.82, 2.24) is 14.9 Å². The van der Waals surface area contributed by atoms with Gasteiger partial charge >= 0.3 is 0 Å².